The van der Waals surface area contributed by atoms with E-state index in [1.54, 1.807) is 0 Å². The Morgan fingerprint density at radius 3 is 2.24 bits per heavy atom. The van der Waals surface area contributed by atoms with E-state index in [4.69, 9.17) is 14.2 Å². The van der Waals surface area contributed by atoms with Gasteiger partial charge in [0.05, 0.1) is 13.2 Å². The Hall–Kier alpha value is -3.45. The summed E-state index contributed by atoms with van der Waals surface area (Å²) in [5.41, 5.74) is 1.91. The molecular formula is C27H27NO5S. The first-order chi connectivity index (χ1) is 16.6. The molecule has 2 amide bonds. The highest BCUT2D eigenvalue weighted by Crippen LogP contribution is 2.35. The zero-order valence-electron chi connectivity index (χ0n) is 19.0. The van der Waals surface area contributed by atoms with Crippen molar-refractivity contribution in [3.63, 3.8) is 0 Å². The largest absolute Gasteiger partial charge is 0.493 e. The molecule has 3 aromatic carbocycles. The molecule has 1 aliphatic heterocycles. The molecule has 7 heteroatoms. The predicted octanol–water partition coefficient (Wildman–Crippen LogP) is 6.30. The number of nitrogens with one attached hydrogen (secondary N) is 1. The number of thioether (sulfide) groups is 1. The molecule has 0 bridgehead atoms. The van der Waals surface area contributed by atoms with Crippen molar-refractivity contribution in [3.8, 4) is 23.0 Å². The summed E-state index contributed by atoms with van der Waals surface area (Å²) >= 11 is 0.995. The monoisotopic (exact) mass is 477 g/mol. The van der Waals surface area contributed by atoms with Crippen LogP contribution < -0.4 is 19.5 Å². The molecule has 3 aromatic rings. The number of aryl methyl sites for hydroxylation is 1. The molecule has 176 valence electrons. The number of imide groups is 1. The van der Waals surface area contributed by atoms with E-state index in [1.165, 1.54) is 0 Å². The van der Waals surface area contributed by atoms with E-state index in [9.17, 15) is 9.59 Å². The number of para-hydroxylation sites is 1. The van der Waals surface area contributed by atoms with Crippen LogP contribution in [0.1, 0.15) is 36.1 Å². The topological polar surface area (TPSA) is 73.9 Å². The second-order valence-corrected chi connectivity index (χ2v) is 8.91. The highest BCUT2D eigenvalue weighted by molar-refractivity contribution is 8.15. The molecule has 6 nitrogen and oxygen atoms in total. The number of carbonyl (C=O) groups is 2. The van der Waals surface area contributed by atoms with Crippen molar-refractivity contribution >= 4 is 22.9 Å². The lowest BCUT2D eigenvalue weighted by atomic mass is 10.1. The van der Waals surface area contributed by atoms with Gasteiger partial charge in [-0.2, -0.15) is 0 Å². The third kappa shape index (κ3) is 6.32. The van der Waals surface area contributed by atoms with Crippen molar-refractivity contribution in [1.82, 2.24) is 5.32 Å². The van der Waals surface area contributed by atoms with Crippen molar-refractivity contribution < 1.29 is 23.8 Å². The van der Waals surface area contributed by atoms with Crippen molar-refractivity contribution in [2.24, 2.45) is 0 Å². The fourth-order valence-corrected chi connectivity index (χ4v) is 4.41. The van der Waals surface area contributed by atoms with Gasteiger partial charge in [-0.15, -0.1) is 0 Å². The van der Waals surface area contributed by atoms with Gasteiger partial charge in [0.15, 0.2) is 0 Å². The summed E-state index contributed by atoms with van der Waals surface area (Å²) in [6.07, 6.45) is 2.65. The summed E-state index contributed by atoms with van der Waals surface area (Å²) in [6.45, 7) is 3.18. The van der Waals surface area contributed by atoms with E-state index in [0.29, 0.717) is 19.0 Å². The highest BCUT2D eigenvalue weighted by atomic mass is 32.2. The molecule has 1 unspecified atom stereocenters. The number of amides is 2. The maximum Gasteiger partial charge on any atom is 0.286 e. The summed E-state index contributed by atoms with van der Waals surface area (Å²) in [6, 6.07) is 23.0. The molecule has 4 rings (SSSR count). The Balaban J connectivity index is 1.24. The molecule has 34 heavy (non-hydrogen) atoms. The van der Waals surface area contributed by atoms with Crippen LogP contribution in [0.4, 0.5) is 4.79 Å². The first-order valence-electron chi connectivity index (χ1n) is 11.4. The van der Waals surface area contributed by atoms with Gasteiger partial charge in [0.1, 0.15) is 28.2 Å². The molecule has 0 saturated carbocycles. The Morgan fingerprint density at radius 2 is 1.56 bits per heavy atom. The SMILES string of the molecule is CCCc1cc(OCCCOc2ccc(C3SC(=O)NC3=O)cc2)ccc1Oc1ccccc1. The van der Waals surface area contributed by atoms with Gasteiger partial charge in [-0.25, -0.2) is 0 Å². The van der Waals surface area contributed by atoms with Crippen LogP contribution in [0.5, 0.6) is 23.0 Å². The van der Waals surface area contributed by atoms with Crippen molar-refractivity contribution in [2.45, 2.75) is 31.4 Å². The normalized spacial score (nSPS) is 15.1. The van der Waals surface area contributed by atoms with Crippen LogP contribution >= 0.6 is 11.8 Å². The third-order valence-corrected chi connectivity index (χ3v) is 6.26. The lowest BCUT2D eigenvalue weighted by molar-refractivity contribution is -0.119. The fraction of sp³-hybridized carbons (Fsp3) is 0.259. The molecule has 0 aromatic heterocycles. The van der Waals surface area contributed by atoms with Crippen LogP contribution in [0.3, 0.4) is 0 Å². The van der Waals surface area contributed by atoms with Gasteiger partial charge >= 0.3 is 0 Å². The molecule has 1 saturated heterocycles. The number of rotatable bonds is 11. The molecule has 0 spiro atoms. The molecule has 1 heterocycles. The second-order valence-electron chi connectivity index (χ2n) is 7.83. The summed E-state index contributed by atoms with van der Waals surface area (Å²) in [7, 11) is 0. The maximum absolute atomic E-state index is 11.8. The Kier molecular flexibility index (Phi) is 8.09. The van der Waals surface area contributed by atoms with Crippen molar-refractivity contribution in [1.29, 1.82) is 0 Å². The molecule has 0 aliphatic carbocycles. The summed E-state index contributed by atoms with van der Waals surface area (Å²) in [5, 5.41) is 1.50. The van der Waals surface area contributed by atoms with Crippen LogP contribution in [-0.4, -0.2) is 24.4 Å². The Morgan fingerprint density at radius 1 is 0.853 bits per heavy atom. The average Bonchev–Trinajstić information content (AvgIpc) is 3.19. The van der Waals surface area contributed by atoms with E-state index >= 15 is 0 Å². The Bertz CT molecular complexity index is 1120. The van der Waals surface area contributed by atoms with E-state index in [0.717, 1.165) is 59.4 Å². The van der Waals surface area contributed by atoms with Gasteiger partial charge in [0.25, 0.3) is 5.24 Å². The molecule has 1 atom stereocenters. The number of hydrogen-bond donors (Lipinski definition) is 1. The summed E-state index contributed by atoms with van der Waals surface area (Å²) in [5.74, 6) is 2.92. The minimum Gasteiger partial charge on any atom is -0.493 e. The van der Waals surface area contributed by atoms with E-state index in [2.05, 4.69) is 12.2 Å². The van der Waals surface area contributed by atoms with Crippen molar-refractivity contribution in [3.05, 3.63) is 83.9 Å². The standard InChI is InChI=1S/C27H27NO5S/c1-2-7-20-18-23(14-15-24(20)33-22-8-4-3-5-9-22)32-17-6-16-31-21-12-10-19(11-13-21)25-26(29)28-27(30)34-25/h3-5,8-15,18,25H,2,6-7,16-17H2,1H3,(H,28,29,30). The fourth-order valence-electron chi connectivity index (χ4n) is 3.58. The minimum atomic E-state index is -0.489. The van der Waals surface area contributed by atoms with Crippen LogP contribution in [-0.2, 0) is 11.2 Å². The van der Waals surface area contributed by atoms with Gasteiger partial charge in [-0.3, -0.25) is 14.9 Å². The average molecular weight is 478 g/mol. The van der Waals surface area contributed by atoms with E-state index < -0.39 is 5.25 Å². The number of hydrogen-bond acceptors (Lipinski definition) is 6. The Labute approximate surface area is 203 Å². The van der Waals surface area contributed by atoms with Gasteiger partial charge in [0, 0.05) is 6.42 Å². The number of ether oxygens (including phenoxy) is 3. The zero-order valence-corrected chi connectivity index (χ0v) is 19.8. The van der Waals surface area contributed by atoms with Crippen LogP contribution in [0.25, 0.3) is 0 Å². The van der Waals surface area contributed by atoms with Crippen LogP contribution in [0.15, 0.2) is 72.8 Å². The van der Waals surface area contributed by atoms with Crippen molar-refractivity contribution in [2.75, 3.05) is 13.2 Å². The minimum absolute atomic E-state index is 0.275. The smallest absolute Gasteiger partial charge is 0.286 e. The lowest BCUT2D eigenvalue weighted by Gasteiger charge is -2.14. The second kappa shape index (κ2) is 11.6. The first kappa shape index (κ1) is 23.7. The predicted molar refractivity (Wildman–Crippen MR) is 133 cm³/mol. The molecule has 1 aliphatic rings. The van der Waals surface area contributed by atoms with Gasteiger partial charge in [0.2, 0.25) is 5.91 Å². The molecule has 1 N–H and O–H groups in total. The lowest BCUT2D eigenvalue weighted by Crippen LogP contribution is -2.20. The van der Waals surface area contributed by atoms with Gasteiger partial charge in [-0.1, -0.05) is 43.7 Å². The molecule has 0 radical (unpaired) electrons. The zero-order chi connectivity index (χ0) is 23.8. The summed E-state index contributed by atoms with van der Waals surface area (Å²) < 4.78 is 17.8. The first-order valence-corrected chi connectivity index (χ1v) is 12.2. The van der Waals surface area contributed by atoms with Crippen LogP contribution in [0, 0.1) is 0 Å². The maximum atomic E-state index is 11.8. The molecular weight excluding hydrogens is 450 g/mol. The summed E-state index contributed by atoms with van der Waals surface area (Å²) in [4.78, 5) is 23.1. The van der Waals surface area contributed by atoms with E-state index in [-0.39, 0.29) is 11.1 Å². The van der Waals surface area contributed by atoms with E-state index in [1.807, 2.05) is 72.8 Å². The van der Waals surface area contributed by atoms with Crippen LogP contribution in [0.2, 0.25) is 0 Å². The number of benzene rings is 3. The van der Waals surface area contributed by atoms with Gasteiger partial charge in [-0.05, 0) is 71.8 Å². The molecule has 1 fully saturated rings. The highest BCUT2D eigenvalue weighted by Gasteiger charge is 2.32. The third-order valence-electron chi connectivity index (χ3n) is 5.22. The quantitative estimate of drug-likeness (QED) is 0.327. The van der Waals surface area contributed by atoms with Gasteiger partial charge < -0.3 is 14.2 Å². The number of carbonyl (C=O) groups excluding carboxylic acids is 2.